The number of anilines is 1. The zero-order valence-corrected chi connectivity index (χ0v) is 13.4. The maximum Gasteiger partial charge on any atom is 0.228 e. The van der Waals surface area contributed by atoms with Crippen LogP contribution in [0.15, 0.2) is 12.4 Å². The Labute approximate surface area is 131 Å². The molecule has 22 heavy (non-hydrogen) atoms. The van der Waals surface area contributed by atoms with E-state index in [0.29, 0.717) is 6.54 Å². The zero-order chi connectivity index (χ0) is 15.7. The van der Waals surface area contributed by atoms with Crippen LogP contribution in [0.25, 0.3) is 0 Å². The highest BCUT2D eigenvalue weighted by atomic mass is 16.2. The van der Waals surface area contributed by atoms with Gasteiger partial charge < -0.3 is 9.80 Å². The molecule has 1 aromatic heterocycles. The van der Waals surface area contributed by atoms with Gasteiger partial charge in [-0.1, -0.05) is 0 Å². The normalized spacial score (nSPS) is 28.1. The number of aromatic nitrogens is 2. The lowest BCUT2D eigenvalue weighted by molar-refractivity contribution is -0.132. The molecule has 0 aliphatic carbocycles. The van der Waals surface area contributed by atoms with Gasteiger partial charge >= 0.3 is 0 Å². The summed E-state index contributed by atoms with van der Waals surface area (Å²) in [6.07, 6.45) is 3.80. The molecule has 3 heterocycles. The van der Waals surface area contributed by atoms with Crippen LogP contribution in [0.5, 0.6) is 0 Å². The molecule has 0 radical (unpaired) electrons. The topological polar surface area (TPSA) is 73.4 Å². The van der Waals surface area contributed by atoms with Crippen molar-refractivity contribution in [3.8, 4) is 0 Å². The number of hydrogen-bond donors (Lipinski definition) is 2. The fourth-order valence-electron chi connectivity index (χ4n) is 3.50. The van der Waals surface area contributed by atoms with Gasteiger partial charge in [-0.05, 0) is 19.8 Å². The van der Waals surface area contributed by atoms with Crippen molar-refractivity contribution in [1.82, 2.24) is 25.7 Å². The molecule has 7 nitrogen and oxygen atoms in total. The highest BCUT2D eigenvalue weighted by molar-refractivity contribution is 5.80. The van der Waals surface area contributed by atoms with Gasteiger partial charge in [0.15, 0.2) is 0 Å². The standard InChI is InChI=1S/C15H24N6O/c1-10-7-13(17-9-16-10)21-6-4-5-12(21)14-11(8-18-19-14)15(22)20(2)3/h7,9,11-12,14,18-19H,4-6,8H2,1-3H3. The number of nitrogens with one attached hydrogen (secondary N) is 2. The molecule has 1 aromatic rings. The molecule has 2 saturated heterocycles. The number of amides is 1. The van der Waals surface area contributed by atoms with E-state index in [1.54, 1.807) is 11.2 Å². The summed E-state index contributed by atoms with van der Waals surface area (Å²) in [5.41, 5.74) is 7.44. The molecule has 120 valence electrons. The van der Waals surface area contributed by atoms with Crippen molar-refractivity contribution in [3.63, 3.8) is 0 Å². The quantitative estimate of drug-likeness (QED) is 0.815. The predicted molar refractivity (Wildman–Crippen MR) is 84.2 cm³/mol. The van der Waals surface area contributed by atoms with Crippen LogP contribution < -0.4 is 15.8 Å². The summed E-state index contributed by atoms with van der Waals surface area (Å²) in [6.45, 7) is 3.63. The summed E-state index contributed by atoms with van der Waals surface area (Å²) >= 11 is 0. The van der Waals surface area contributed by atoms with Gasteiger partial charge in [-0.3, -0.25) is 15.6 Å². The average Bonchev–Trinajstić information content (AvgIpc) is 3.14. The largest absolute Gasteiger partial charge is 0.352 e. The molecule has 1 amide bonds. The van der Waals surface area contributed by atoms with Gasteiger partial charge in [0.2, 0.25) is 5.91 Å². The third-order valence-corrected chi connectivity index (χ3v) is 4.58. The van der Waals surface area contributed by atoms with E-state index in [1.165, 1.54) is 0 Å². The molecule has 0 spiro atoms. The Morgan fingerprint density at radius 3 is 2.95 bits per heavy atom. The highest BCUT2D eigenvalue weighted by Crippen LogP contribution is 2.30. The number of carbonyl (C=O) groups is 1. The van der Waals surface area contributed by atoms with Crippen molar-refractivity contribution in [2.24, 2.45) is 5.92 Å². The van der Waals surface area contributed by atoms with Gasteiger partial charge in [-0.25, -0.2) is 9.97 Å². The fourth-order valence-corrected chi connectivity index (χ4v) is 3.50. The van der Waals surface area contributed by atoms with E-state index in [2.05, 4.69) is 25.7 Å². The Morgan fingerprint density at radius 1 is 1.41 bits per heavy atom. The highest BCUT2D eigenvalue weighted by Gasteiger charge is 2.43. The molecule has 0 saturated carbocycles. The predicted octanol–water partition coefficient (Wildman–Crippen LogP) is -0.0654. The maximum absolute atomic E-state index is 12.4. The van der Waals surface area contributed by atoms with Crippen molar-refractivity contribution >= 4 is 11.7 Å². The van der Waals surface area contributed by atoms with Gasteiger partial charge in [-0.15, -0.1) is 0 Å². The van der Waals surface area contributed by atoms with Gasteiger partial charge in [0.05, 0.1) is 12.0 Å². The lowest BCUT2D eigenvalue weighted by atomic mass is 9.92. The molecule has 2 aliphatic rings. The van der Waals surface area contributed by atoms with Crippen LogP contribution in [0.4, 0.5) is 5.82 Å². The molecule has 0 bridgehead atoms. The van der Waals surface area contributed by atoms with E-state index < -0.39 is 0 Å². The van der Waals surface area contributed by atoms with Crippen LogP contribution in [-0.2, 0) is 4.79 Å². The number of carbonyl (C=O) groups excluding carboxylic acids is 1. The van der Waals surface area contributed by atoms with Gasteiger partial charge in [0.25, 0.3) is 0 Å². The number of rotatable bonds is 3. The second kappa shape index (κ2) is 6.18. The Hall–Kier alpha value is -1.73. The number of nitrogens with zero attached hydrogens (tertiary/aromatic N) is 4. The number of hydrogen-bond acceptors (Lipinski definition) is 6. The Balaban J connectivity index is 1.82. The molecule has 3 atom stereocenters. The molecule has 3 unspecified atom stereocenters. The fraction of sp³-hybridized carbons (Fsp3) is 0.667. The molecular weight excluding hydrogens is 280 g/mol. The van der Waals surface area contributed by atoms with Crippen molar-refractivity contribution in [2.75, 3.05) is 32.1 Å². The van der Waals surface area contributed by atoms with Crippen LogP contribution in [0.3, 0.4) is 0 Å². The Bertz CT molecular complexity index is 549. The summed E-state index contributed by atoms with van der Waals surface area (Å²) in [7, 11) is 3.63. The van der Waals surface area contributed by atoms with E-state index in [-0.39, 0.29) is 23.9 Å². The van der Waals surface area contributed by atoms with Crippen LogP contribution in [0.1, 0.15) is 18.5 Å². The van der Waals surface area contributed by atoms with E-state index >= 15 is 0 Å². The minimum atomic E-state index is -0.0384. The van der Waals surface area contributed by atoms with E-state index in [9.17, 15) is 4.79 Å². The number of aryl methyl sites for hydroxylation is 1. The summed E-state index contributed by atoms with van der Waals surface area (Å²) in [5.74, 6) is 1.09. The second-order valence-corrected chi connectivity index (χ2v) is 6.31. The van der Waals surface area contributed by atoms with Crippen LogP contribution in [-0.4, -0.2) is 60.0 Å². The SMILES string of the molecule is Cc1cc(N2CCCC2C2NNCC2C(=O)N(C)C)ncn1. The smallest absolute Gasteiger partial charge is 0.228 e. The number of hydrazine groups is 1. The van der Waals surface area contributed by atoms with Crippen LogP contribution in [0.2, 0.25) is 0 Å². The maximum atomic E-state index is 12.4. The van der Waals surface area contributed by atoms with E-state index in [1.807, 2.05) is 27.1 Å². The Morgan fingerprint density at radius 2 is 2.23 bits per heavy atom. The molecule has 3 rings (SSSR count). The third kappa shape index (κ3) is 2.78. The lowest BCUT2D eigenvalue weighted by Crippen LogP contribution is -2.51. The molecule has 2 fully saturated rings. The first-order valence-corrected chi connectivity index (χ1v) is 7.83. The monoisotopic (exact) mass is 304 g/mol. The van der Waals surface area contributed by atoms with E-state index in [4.69, 9.17) is 0 Å². The Kier molecular flexibility index (Phi) is 4.26. The summed E-state index contributed by atoms with van der Waals surface area (Å²) in [5, 5.41) is 0. The summed E-state index contributed by atoms with van der Waals surface area (Å²) in [6, 6.07) is 2.40. The van der Waals surface area contributed by atoms with Crippen molar-refractivity contribution < 1.29 is 4.79 Å². The molecule has 0 aromatic carbocycles. The van der Waals surface area contributed by atoms with Gasteiger partial charge in [0.1, 0.15) is 12.1 Å². The molecular formula is C15H24N6O. The van der Waals surface area contributed by atoms with Crippen molar-refractivity contribution in [1.29, 1.82) is 0 Å². The van der Waals surface area contributed by atoms with E-state index in [0.717, 1.165) is 30.9 Å². The summed E-state index contributed by atoms with van der Waals surface area (Å²) in [4.78, 5) is 25.0. The summed E-state index contributed by atoms with van der Waals surface area (Å²) < 4.78 is 0. The lowest BCUT2D eigenvalue weighted by Gasteiger charge is -2.33. The third-order valence-electron chi connectivity index (χ3n) is 4.58. The molecule has 7 heteroatoms. The van der Waals surface area contributed by atoms with Crippen molar-refractivity contribution in [2.45, 2.75) is 31.8 Å². The van der Waals surface area contributed by atoms with Crippen LogP contribution >= 0.6 is 0 Å². The average molecular weight is 304 g/mol. The molecule has 2 N–H and O–H groups in total. The van der Waals surface area contributed by atoms with Crippen molar-refractivity contribution in [3.05, 3.63) is 18.1 Å². The first kappa shape index (κ1) is 15.2. The second-order valence-electron chi connectivity index (χ2n) is 6.31. The van der Waals surface area contributed by atoms with Gasteiger partial charge in [0, 0.05) is 45.0 Å². The minimum absolute atomic E-state index is 0.0384. The first-order chi connectivity index (χ1) is 10.6. The van der Waals surface area contributed by atoms with Gasteiger partial charge in [-0.2, -0.15) is 0 Å². The zero-order valence-electron chi connectivity index (χ0n) is 13.4. The first-order valence-electron chi connectivity index (χ1n) is 7.83. The minimum Gasteiger partial charge on any atom is -0.352 e. The molecule has 2 aliphatic heterocycles. The van der Waals surface area contributed by atoms with Crippen LogP contribution in [0, 0.1) is 12.8 Å².